The minimum atomic E-state index is -0.419. The van der Waals surface area contributed by atoms with Gasteiger partial charge in [-0.3, -0.25) is 14.3 Å². The van der Waals surface area contributed by atoms with Gasteiger partial charge < -0.3 is 14.2 Å². The molecule has 1 atom stereocenters. The minimum absolute atomic E-state index is 0.0387. The van der Waals surface area contributed by atoms with Crippen LogP contribution >= 0.6 is 11.6 Å². The topological polar surface area (TPSA) is 85.2 Å². The van der Waals surface area contributed by atoms with E-state index >= 15 is 0 Å². The van der Waals surface area contributed by atoms with E-state index in [9.17, 15) is 9.59 Å². The van der Waals surface area contributed by atoms with Crippen LogP contribution in [0.3, 0.4) is 0 Å². The van der Waals surface area contributed by atoms with Gasteiger partial charge in [-0.1, -0.05) is 31.0 Å². The van der Waals surface area contributed by atoms with E-state index in [4.69, 9.17) is 21.3 Å². The number of para-hydroxylation sites is 1. The second-order valence-electron chi connectivity index (χ2n) is 7.42. The summed E-state index contributed by atoms with van der Waals surface area (Å²) in [6.07, 6.45) is 1.73. The fourth-order valence-electron chi connectivity index (χ4n) is 3.79. The largest absolute Gasteiger partial charge is 0.485 e. The van der Waals surface area contributed by atoms with Crippen LogP contribution in [0.15, 0.2) is 27.8 Å². The summed E-state index contributed by atoms with van der Waals surface area (Å²) in [6, 6.07) is 5.65. The molecular weight excluding hydrogens is 394 g/mol. The van der Waals surface area contributed by atoms with Gasteiger partial charge in [0, 0.05) is 13.6 Å². The lowest BCUT2D eigenvalue weighted by molar-refractivity contribution is 0.212. The van der Waals surface area contributed by atoms with Crippen LogP contribution in [0.2, 0.25) is 5.02 Å². The average molecular weight is 418 g/mol. The van der Waals surface area contributed by atoms with E-state index in [0.717, 1.165) is 18.5 Å². The summed E-state index contributed by atoms with van der Waals surface area (Å²) in [5.74, 6) is 1.35. The molecular formula is C20H24ClN5O3. The Morgan fingerprint density at radius 2 is 2.14 bits per heavy atom. The van der Waals surface area contributed by atoms with Gasteiger partial charge >= 0.3 is 5.69 Å². The highest BCUT2D eigenvalue weighted by Crippen LogP contribution is 2.39. The highest BCUT2D eigenvalue weighted by molar-refractivity contribution is 6.32. The number of anilines is 1. The van der Waals surface area contributed by atoms with Crippen LogP contribution in [-0.4, -0.2) is 31.8 Å². The number of H-pyrrole nitrogens is 1. The first-order valence-corrected chi connectivity index (χ1v) is 10.2. The number of fused-ring (bicyclic) bond motifs is 2. The van der Waals surface area contributed by atoms with Gasteiger partial charge in [-0.05, 0) is 25.5 Å². The number of nitrogens with zero attached hydrogens (tertiary/aromatic N) is 4. The highest BCUT2D eigenvalue weighted by atomic mass is 35.5. The zero-order chi connectivity index (χ0) is 20.7. The lowest BCUT2D eigenvalue weighted by atomic mass is 10.2. The third kappa shape index (κ3) is 3.42. The Morgan fingerprint density at radius 3 is 2.90 bits per heavy atom. The van der Waals surface area contributed by atoms with Crippen molar-refractivity contribution in [3.8, 4) is 5.75 Å². The molecule has 0 bridgehead atoms. The SMILES string of the molecule is CCCCn1c(=O)[nH]c(=O)c2c1nc(CN1C[C@H](C)Oc3c(Cl)cccc31)n2C. The van der Waals surface area contributed by atoms with Crippen molar-refractivity contribution >= 4 is 28.5 Å². The average Bonchev–Trinajstić information content (AvgIpc) is 2.99. The summed E-state index contributed by atoms with van der Waals surface area (Å²) in [5.41, 5.74) is 0.885. The van der Waals surface area contributed by atoms with Crippen molar-refractivity contribution in [2.24, 2.45) is 7.05 Å². The van der Waals surface area contributed by atoms with Crippen molar-refractivity contribution < 1.29 is 4.74 Å². The molecule has 3 aromatic rings. The number of halogens is 1. The molecule has 0 spiro atoms. The van der Waals surface area contributed by atoms with Crippen molar-refractivity contribution in [3.05, 3.63) is 49.9 Å². The molecule has 3 heterocycles. The first-order chi connectivity index (χ1) is 13.9. The van der Waals surface area contributed by atoms with E-state index in [1.807, 2.05) is 19.1 Å². The number of aryl methyl sites for hydroxylation is 2. The quantitative estimate of drug-likeness (QED) is 0.689. The summed E-state index contributed by atoms with van der Waals surface area (Å²) in [7, 11) is 1.80. The Hall–Kier alpha value is -2.74. The molecule has 0 amide bonds. The maximum atomic E-state index is 12.5. The van der Waals surface area contributed by atoms with Gasteiger partial charge in [0.1, 0.15) is 11.9 Å². The van der Waals surface area contributed by atoms with Gasteiger partial charge in [-0.2, -0.15) is 0 Å². The van der Waals surface area contributed by atoms with Crippen molar-refractivity contribution in [1.82, 2.24) is 19.1 Å². The van der Waals surface area contributed by atoms with Crippen LogP contribution in [0.5, 0.6) is 5.75 Å². The molecule has 154 valence electrons. The van der Waals surface area contributed by atoms with Gasteiger partial charge in [-0.15, -0.1) is 0 Å². The highest BCUT2D eigenvalue weighted by Gasteiger charge is 2.27. The predicted molar refractivity (Wildman–Crippen MR) is 113 cm³/mol. The van der Waals surface area contributed by atoms with E-state index in [-0.39, 0.29) is 6.10 Å². The second-order valence-corrected chi connectivity index (χ2v) is 7.83. The third-order valence-electron chi connectivity index (χ3n) is 5.26. The standard InChI is InChI=1S/C20H24ClN5O3/c1-4-5-9-26-18-16(19(27)23-20(26)28)24(3)15(22-18)11-25-10-12(2)29-17-13(21)7-6-8-14(17)25/h6-8,12H,4-5,9-11H2,1-3H3,(H,23,27,28)/t12-/m0/s1. The first-order valence-electron chi connectivity index (χ1n) is 9.79. The molecule has 0 saturated heterocycles. The van der Waals surface area contributed by atoms with Crippen LogP contribution in [-0.2, 0) is 20.1 Å². The Balaban J connectivity index is 1.79. The molecule has 9 heteroatoms. The number of aromatic amines is 1. The second kappa shape index (κ2) is 7.59. The monoisotopic (exact) mass is 417 g/mol. The van der Waals surface area contributed by atoms with Crippen LogP contribution in [0, 0.1) is 0 Å². The van der Waals surface area contributed by atoms with Gasteiger partial charge in [0.05, 0.1) is 23.8 Å². The Labute approximate surface area is 172 Å². The number of aromatic nitrogens is 4. The third-order valence-corrected chi connectivity index (χ3v) is 5.55. The molecule has 8 nitrogen and oxygen atoms in total. The van der Waals surface area contributed by atoms with E-state index in [0.29, 0.717) is 47.4 Å². The van der Waals surface area contributed by atoms with Gasteiger partial charge in [0.15, 0.2) is 16.9 Å². The molecule has 1 N–H and O–H groups in total. The molecule has 0 saturated carbocycles. The molecule has 0 radical (unpaired) electrons. The molecule has 2 aromatic heterocycles. The van der Waals surface area contributed by atoms with Crippen LogP contribution in [0.1, 0.15) is 32.5 Å². The molecule has 1 aromatic carbocycles. The maximum Gasteiger partial charge on any atom is 0.330 e. The Kier molecular flexibility index (Phi) is 5.12. The van der Waals surface area contributed by atoms with E-state index in [1.165, 1.54) is 0 Å². The summed E-state index contributed by atoms with van der Waals surface area (Å²) >= 11 is 6.32. The normalized spacial score (nSPS) is 16.1. The van der Waals surface area contributed by atoms with Gasteiger partial charge in [-0.25, -0.2) is 9.78 Å². The summed E-state index contributed by atoms with van der Waals surface area (Å²) in [6.45, 7) is 5.69. The summed E-state index contributed by atoms with van der Waals surface area (Å²) in [5, 5.41) is 0.564. The van der Waals surface area contributed by atoms with E-state index in [2.05, 4.69) is 16.8 Å². The summed E-state index contributed by atoms with van der Waals surface area (Å²) < 4.78 is 9.23. The zero-order valence-electron chi connectivity index (χ0n) is 16.7. The number of imidazole rings is 1. The molecule has 0 aliphatic carbocycles. The Morgan fingerprint density at radius 1 is 1.34 bits per heavy atom. The van der Waals surface area contributed by atoms with E-state index < -0.39 is 11.2 Å². The molecule has 0 unspecified atom stereocenters. The number of unbranched alkanes of at least 4 members (excludes halogenated alkanes) is 1. The number of rotatable bonds is 5. The molecule has 4 rings (SSSR count). The number of benzene rings is 1. The maximum absolute atomic E-state index is 12.5. The van der Waals surface area contributed by atoms with Crippen molar-refractivity contribution in [2.45, 2.75) is 45.9 Å². The Bertz CT molecular complexity index is 1180. The molecule has 1 aliphatic heterocycles. The number of hydrogen-bond donors (Lipinski definition) is 1. The lowest BCUT2D eigenvalue weighted by Gasteiger charge is -2.35. The number of hydrogen-bond acceptors (Lipinski definition) is 5. The zero-order valence-corrected chi connectivity index (χ0v) is 17.5. The predicted octanol–water partition coefficient (Wildman–Crippen LogP) is 2.66. The fraction of sp³-hybridized carbons (Fsp3) is 0.450. The smallest absolute Gasteiger partial charge is 0.330 e. The molecule has 0 fully saturated rings. The fourth-order valence-corrected chi connectivity index (χ4v) is 4.00. The molecule has 29 heavy (non-hydrogen) atoms. The lowest BCUT2D eigenvalue weighted by Crippen LogP contribution is -2.38. The van der Waals surface area contributed by atoms with Crippen molar-refractivity contribution in [1.29, 1.82) is 0 Å². The van der Waals surface area contributed by atoms with Crippen LogP contribution in [0.25, 0.3) is 11.2 Å². The number of nitrogens with one attached hydrogen (secondary N) is 1. The number of ether oxygens (including phenoxy) is 1. The molecule has 1 aliphatic rings. The van der Waals surface area contributed by atoms with Crippen LogP contribution < -0.4 is 20.9 Å². The minimum Gasteiger partial charge on any atom is -0.485 e. The van der Waals surface area contributed by atoms with Gasteiger partial charge in [0.2, 0.25) is 0 Å². The van der Waals surface area contributed by atoms with E-state index in [1.54, 1.807) is 22.2 Å². The summed E-state index contributed by atoms with van der Waals surface area (Å²) in [4.78, 5) is 34.0. The van der Waals surface area contributed by atoms with Gasteiger partial charge in [0.25, 0.3) is 5.56 Å². The van der Waals surface area contributed by atoms with Crippen molar-refractivity contribution in [3.63, 3.8) is 0 Å². The van der Waals surface area contributed by atoms with Crippen molar-refractivity contribution in [2.75, 3.05) is 11.4 Å². The van der Waals surface area contributed by atoms with Crippen LogP contribution in [0.4, 0.5) is 5.69 Å². The first kappa shape index (κ1) is 19.6.